The third-order valence-corrected chi connectivity index (χ3v) is 7.38. The summed E-state index contributed by atoms with van der Waals surface area (Å²) in [4.78, 5) is 42.2. The van der Waals surface area contributed by atoms with E-state index in [4.69, 9.17) is 0 Å². The summed E-state index contributed by atoms with van der Waals surface area (Å²) in [5, 5.41) is 0. The number of hydrogen-bond acceptors (Lipinski definition) is 3. The Bertz CT molecular complexity index is 1020. The fourth-order valence-electron chi connectivity index (χ4n) is 5.32. The summed E-state index contributed by atoms with van der Waals surface area (Å²) in [6.45, 7) is 4.92. The average molecular weight is 436 g/mol. The lowest BCUT2D eigenvalue weighted by atomic mass is 9.69. The summed E-state index contributed by atoms with van der Waals surface area (Å²) in [7, 11) is 1.66. The number of carbonyl (C=O) groups is 2. The van der Waals surface area contributed by atoms with Crippen LogP contribution < -0.4 is 5.56 Å². The van der Waals surface area contributed by atoms with Crippen molar-refractivity contribution in [3.05, 3.63) is 70.1 Å². The van der Waals surface area contributed by atoms with Crippen molar-refractivity contribution in [2.24, 2.45) is 18.4 Å². The highest BCUT2D eigenvalue weighted by atomic mass is 16.2. The summed E-state index contributed by atoms with van der Waals surface area (Å²) in [6, 6.07) is 13.3. The number of carbonyl (C=O) groups excluding carboxylic acids is 2. The molecule has 0 aliphatic carbocycles. The zero-order chi connectivity index (χ0) is 22.7. The Morgan fingerprint density at radius 2 is 1.72 bits per heavy atom. The number of benzene rings is 1. The molecule has 2 aliphatic rings. The molecule has 2 saturated heterocycles. The number of hydrogen-bond donors (Lipinski definition) is 0. The van der Waals surface area contributed by atoms with Gasteiger partial charge in [0.25, 0.3) is 5.91 Å². The molecule has 0 unspecified atom stereocenters. The first-order valence-electron chi connectivity index (χ1n) is 11.7. The molecule has 4 rings (SSSR count). The zero-order valence-corrected chi connectivity index (χ0v) is 19.1. The van der Waals surface area contributed by atoms with Gasteiger partial charge in [-0.05, 0) is 43.2 Å². The Kier molecular flexibility index (Phi) is 6.49. The molecule has 1 aromatic carbocycles. The minimum Gasteiger partial charge on any atom is -0.339 e. The summed E-state index contributed by atoms with van der Waals surface area (Å²) in [5.41, 5.74) is 1.20. The average Bonchev–Trinajstić information content (AvgIpc) is 2.95. The first-order chi connectivity index (χ1) is 15.4. The molecule has 6 heteroatoms. The molecule has 2 amide bonds. The third-order valence-electron chi connectivity index (χ3n) is 7.38. The van der Waals surface area contributed by atoms with Crippen LogP contribution in [-0.2, 0) is 18.4 Å². The van der Waals surface area contributed by atoms with Crippen LogP contribution in [-0.4, -0.2) is 45.8 Å². The van der Waals surface area contributed by atoms with Gasteiger partial charge >= 0.3 is 0 Å². The van der Waals surface area contributed by atoms with Crippen molar-refractivity contribution in [2.45, 2.75) is 45.6 Å². The monoisotopic (exact) mass is 435 g/mol. The van der Waals surface area contributed by atoms with E-state index >= 15 is 0 Å². The van der Waals surface area contributed by atoms with Gasteiger partial charge in [-0.1, -0.05) is 43.7 Å². The van der Waals surface area contributed by atoms with E-state index in [9.17, 15) is 14.4 Å². The zero-order valence-electron chi connectivity index (χ0n) is 19.1. The van der Waals surface area contributed by atoms with E-state index in [0.717, 1.165) is 38.6 Å². The predicted molar refractivity (Wildman–Crippen MR) is 124 cm³/mol. The van der Waals surface area contributed by atoms with Gasteiger partial charge in [0.1, 0.15) is 0 Å². The molecular formula is C26H33N3O3. The smallest absolute Gasteiger partial charge is 0.255 e. The van der Waals surface area contributed by atoms with Crippen LogP contribution in [0, 0.1) is 11.3 Å². The van der Waals surface area contributed by atoms with E-state index in [1.54, 1.807) is 19.3 Å². The van der Waals surface area contributed by atoms with Gasteiger partial charge in [0.05, 0.1) is 5.56 Å². The SMILES string of the molecule is Cn1cc(C(=O)N2CCC([C@]3(C)CCCCN(Cc4ccccc4)C3=O)CC2)ccc1=O. The first kappa shape index (κ1) is 22.3. The fourth-order valence-corrected chi connectivity index (χ4v) is 5.32. The summed E-state index contributed by atoms with van der Waals surface area (Å²) >= 11 is 0. The van der Waals surface area contributed by atoms with E-state index < -0.39 is 0 Å². The highest BCUT2D eigenvalue weighted by Crippen LogP contribution is 2.43. The highest BCUT2D eigenvalue weighted by Gasteiger charge is 2.45. The summed E-state index contributed by atoms with van der Waals surface area (Å²) < 4.78 is 1.44. The molecule has 0 radical (unpaired) electrons. The number of aryl methyl sites for hydroxylation is 1. The number of pyridine rings is 1. The molecule has 6 nitrogen and oxygen atoms in total. The van der Waals surface area contributed by atoms with Crippen LogP contribution in [0.5, 0.6) is 0 Å². The van der Waals surface area contributed by atoms with Crippen LogP contribution in [0.3, 0.4) is 0 Å². The van der Waals surface area contributed by atoms with Crippen molar-refractivity contribution in [1.82, 2.24) is 14.4 Å². The quantitative estimate of drug-likeness (QED) is 0.739. The van der Waals surface area contributed by atoms with Crippen LogP contribution in [0.4, 0.5) is 0 Å². The minimum absolute atomic E-state index is 0.0397. The van der Waals surface area contributed by atoms with Crippen molar-refractivity contribution in [3.8, 4) is 0 Å². The second kappa shape index (κ2) is 9.31. The second-order valence-electron chi connectivity index (χ2n) is 9.52. The van der Waals surface area contributed by atoms with Crippen molar-refractivity contribution in [1.29, 1.82) is 0 Å². The largest absolute Gasteiger partial charge is 0.339 e. The van der Waals surface area contributed by atoms with E-state index in [0.29, 0.717) is 25.2 Å². The van der Waals surface area contributed by atoms with Gasteiger partial charge in [-0.15, -0.1) is 0 Å². The van der Waals surface area contributed by atoms with E-state index in [1.165, 1.54) is 16.2 Å². The molecule has 0 saturated carbocycles. The molecular weight excluding hydrogens is 402 g/mol. The number of aromatic nitrogens is 1. The van der Waals surface area contributed by atoms with E-state index in [1.807, 2.05) is 28.0 Å². The van der Waals surface area contributed by atoms with Crippen LogP contribution in [0.25, 0.3) is 0 Å². The van der Waals surface area contributed by atoms with Gasteiger partial charge in [0.2, 0.25) is 11.5 Å². The molecule has 0 N–H and O–H groups in total. The maximum Gasteiger partial charge on any atom is 0.255 e. The van der Waals surface area contributed by atoms with Crippen molar-refractivity contribution < 1.29 is 9.59 Å². The maximum atomic E-state index is 13.7. The molecule has 1 aromatic heterocycles. The highest BCUT2D eigenvalue weighted by molar-refractivity contribution is 5.94. The summed E-state index contributed by atoms with van der Waals surface area (Å²) in [5.74, 6) is 0.499. The van der Waals surface area contributed by atoms with Crippen LogP contribution in [0.15, 0.2) is 53.5 Å². The number of rotatable bonds is 4. The Hall–Kier alpha value is -2.89. The Morgan fingerprint density at radius 3 is 2.41 bits per heavy atom. The molecule has 0 spiro atoms. The van der Waals surface area contributed by atoms with Crippen LogP contribution in [0.1, 0.15) is 54.9 Å². The minimum atomic E-state index is -0.378. The molecule has 3 heterocycles. The Morgan fingerprint density at radius 1 is 1.00 bits per heavy atom. The Labute approximate surface area is 189 Å². The van der Waals surface area contributed by atoms with Crippen molar-refractivity contribution >= 4 is 11.8 Å². The molecule has 2 aliphatic heterocycles. The van der Waals surface area contributed by atoms with Gasteiger partial charge in [-0.3, -0.25) is 14.4 Å². The lowest BCUT2D eigenvalue weighted by Gasteiger charge is -2.43. The normalized spacial score (nSPS) is 22.6. The Balaban J connectivity index is 1.44. The number of amides is 2. The van der Waals surface area contributed by atoms with Gasteiger partial charge < -0.3 is 14.4 Å². The molecule has 2 fully saturated rings. The van der Waals surface area contributed by atoms with Crippen molar-refractivity contribution in [3.63, 3.8) is 0 Å². The molecule has 1 atom stereocenters. The van der Waals surface area contributed by atoms with Crippen molar-refractivity contribution in [2.75, 3.05) is 19.6 Å². The fraction of sp³-hybridized carbons (Fsp3) is 0.500. The lowest BCUT2D eigenvalue weighted by molar-refractivity contribution is -0.145. The summed E-state index contributed by atoms with van der Waals surface area (Å²) in [6.07, 6.45) is 6.28. The topological polar surface area (TPSA) is 62.6 Å². The van der Waals surface area contributed by atoms with Gasteiger partial charge in [0.15, 0.2) is 0 Å². The third kappa shape index (κ3) is 4.50. The second-order valence-corrected chi connectivity index (χ2v) is 9.52. The lowest BCUT2D eigenvalue weighted by Crippen LogP contribution is -2.49. The maximum absolute atomic E-state index is 13.7. The van der Waals surface area contributed by atoms with Crippen LogP contribution in [0.2, 0.25) is 0 Å². The molecule has 0 bridgehead atoms. The first-order valence-corrected chi connectivity index (χ1v) is 11.7. The standard InChI is InChI=1S/C26H33N3O3/c1-26(14-6-7-15-29(25(26)32)18-20-8-4-3-5-9-20)22-12-16-28(17-13-22)24(31)21-10-11-23(30)27(2)19-21/h3-5,8-11,19,22H,6-7,12-18H2,1-2H3/t26-/m0/s1. The molecule has 32 heavy (non-hydrogen) atoms. The molecule has 2 aromatic rings. The number of piperidine rings is 1. The van der Waals surface area contributed by atoms with Gasteiger partial charge in [-0.2, -0.15) is 0 Å². The van der Waals surface area contributed by atoms with E-state index in [2.05, 4.69) is 19.1 Å². The van der Waals surface area contributed by atoms with Gasteiger partial charge in [0, 0.05) is 50.9 Å². The molecule has 170 valence electrons. The van der Waals surface area contributed by atoms with E-state index in [-0.39, 0.29) is 28.7 Å². The van der Waals surface area contributed by atoms with Crippen LogP contribution >= 0.6 is 0 Å². The number of nitrogens with zero attached hydrogens (tertiary/aromatic N) is 3. The predicted octanol–water partition coefficient (Wildman–Crippen LogP) is 3.46. The number of likely N-dealkylation sites (tertiary alicyclic amines) is 2. The van der Waals surface area contributed by atoms with Gasteiger partial charge in [-0.25, -0.2) is 0 Å².